The molecule has 16 heavy (non-hydrogen) atoms. The highest BCUT2D eigenvalue weighted by Crippen LogP contribution is 2.20. The van der Waals surface area contributed by atoms with E-state index in [0.29, 0.717) is 5.75 Å². The van der Waals surface area contributed by atoms with Gasteiger partial charge in [0.25, 0.3) is 0 Å². The van der Waals surface area contributed by atoms with Gasteiger partial charge in [-0.3, -0.25) is 4.79 Å². The van der Waals surface area contributed by atoms with Gasteiger partial charge < -0.3 is 10.1 Å². The average molecular weight is 261 g/mol. The minimum atomic E-state index is -0.307. The van der Waals surface area contributed by atoms with Gasteiger partial charge in [-0.1, -0.05) is 36.9 Å². The molecule has 5 nitrogen and oxygen atoms in total. The van der Waals surface area contributed by atoms with Gasteiger partial charge in [0.2, 0.25) is 0 Å². The number of hydrogen-bond donors (Lipinski definition) is 1. The third-order valence-electron chi connectivity index (χ3n) is 1.73. The van der Waals surface area contributed by atoms with Crippen LogP contribution < -0.4 is 5.32 Å². The second-order valence-electron chi connectivity index (χ2n) is 3.41. The largest absolute Gasteiger partial charge is 0.468 e. The number of rotatable bonds is 6. The van der Waals surface area contributed by atoms with Crippen LogP contribution in [0.1, 0.15) is 13.8 Å². The third-order valence-corrected chi connectivity index (χ3v) is 3.69. The number of nitrogens with one attached hydrogen (secondary N) is 1. The lowest BCUT2D eigenvalue weighted by molar-refractivity contribution is -0.142. The van der Waals surface area contributed by atoms with Crippen molar-refractivity contribution in [2.24, 2.45) is 0 Å². The van der Waals surface area contributed by atoms with Gasteiger partial charge in [-0.05, 0) is 0 Å². The molecule has 7 heteroatoms. The summed E-state index contributed by atoms with van der Waals surface area (Å²) < 4.78 is 5.60. The summed E-state index contributed by atoms with van der Waals surface area (Å²) in [6, 6.07) is -0.0713. The van der Waals surface area contributed by atoms with Crippen LogP contribution >= 0.6 is 23.1 Å². The summed E-state index contributed by atoms with van der Waals surface area (Å²) in [4.78, 5) is 11.5. The first-order chi connectivity index (χ1) is 7.63. The zero-order valence-corrected chi connectivity index (χ0v) is 11.1. The number of nitrogens with zero attached hydrogens (tertiary/aromatic N) is 2. The number of thioether (sulfide) groups is 1. The van der Waals surface area contributed by atoms with Gasteiger partial charge in [-0.15, -0.1) is 10.2 Å². The first kappa shape index (κ1) is 13.4. The molecule has 1 heterocycles. The van der Waals surface area contributed by atoms with Crippen LogP contribution in [-0.2, 0) is 9.53 Å². The summed E-state index contributed by atoms with van der Waals surface area (Å²) in [5.74, 6) is 0.353. The van der Waals surface area contributed by atoms with Crippen molar-refractivity contribution in [3.8, 4) is 0 Å². The minimum Gasteiger partial charge on any atom is -0.468 e. The van der Waals surface area contributed by atoms with Crippen LogP contribution in [0.15, 0.2) is 9.85 Å². The zero-order valence-electron chi connectivity index (χ0n) is 9.47. The van der Waals surface area contributed by atoms with Gasteiger partial charge in [-0.2, -0.15) is 0 Å². The second-order valence-corrected chi connectivity index (χ2v) is 5.51. The summed E-state index contributed by atoms with van der Waals surface area (Å²) in [6.07, 6.45) is 0. The fourth-order valence-corrected chi connectivity index (χ4v) is 2.64. The zero-order chi connectivity index (χ0) is 12.0. The SMILES string of the molecule is COC(=O)C(CSc1nncs1)NC(C)C. The molecule has 1 aromatic rings. The standard InChI is InChI=1S/C9H15N3O2S2/c1-6(2)11-7(8(13)14-3)4-15-9-12-10-5-16-9/h5-7,11H,4H2,1-3H3. The quantitative estimate of drug-likeness (QED) is 0.612. The Labute approximate surface area is 103 Å². The van der Waals surface area contributed by atoms with Crippen LogP contribution in [0.5, 0.6) is 0 Å². The molecule has 1 N–H and O–H groups in total. The van der Waals surface area contributed by atoms with E-state index in [1.54, 1.807) is 5.51 Å². The van der Waals surface area contributed by atoms with E-state index in [-0.39, 0.29) is 18.1 Å². The predicted molar refractivity (Wildman–Crippen MR) is 64.7 cm³/mol. The first-order valence-electron chi connectivity index (χ1n) is 4.86. The minimum absolute atomic E-state index is 0.235. The molecule has 0 saturated heterocycles. The molecule has 1 atom stereocenters. The summed E-state index contributed by atoms with van der Waals surface area (Å²) in [6.45, 7) is 3.98. The predicted octanol–water partition coefficient (Wildman–Crippen LogP) is 1.17. The average Bonchev–Trinajstić information content (AvgIpc) is 2.75. The lowest BCUT2D eigenvalue weighted by Gasteiger charge is -2.17. The topological polar surface area (TPSA) is 64.1 Å². The molecule has 0 radical (unpaired) electrons. The van der Waals surface area contributed by atoms with Crippen molar-refractivity contribution in [2.45, 2.75) is 30.3 Å². The Morgan fingerprint density at radius 3 is 2.94 bits per heavy atom. The van der Waals surface area contributed by atoms with Crippen molar-refractivity contribution in [1.29, 1.82) is 0 Å². The van der Waals surface area contributed by atoms with E-state index in [9.17, 15) is 4.79 Å². The molecule has 0 aromatic carbocycles. The van der Waals surface area contributed by atoms with Crippen LogP contribution in [0.2, 0.25) is 0 Å². The van der Waals surface area contributed by atoms with Crippen molar-refractivity contribution in [1.82, 2.24) is 15.5 Å². The fourth-order valence-electron chi connectivity index (χ4n) is 1.11. The van der Waals surface area contributed by atoms with Crippen LogP contribution in [0.3, 0.4) is 0 Å². The highest BCUT2D eigenvalue weighted by atomic mass is 32.2. The number of esters is 1. The lowest BCUT2D eigenvalue weighted by atomic mass is 10.3. The smallest absolute Gasteiger partial charge is 0.323 e. The van der Waals surface area contributed by atoms with Crippen molar-refractivity contribution in [3.05, 3.63) is 5.51 Å². The first-order valence-corrected chi connectivity index (χ1v) is 6.73. The van der Waals surface area contributed by atoms with E-state index in [1.807, 2.05) is 13.8 Å². The number of carbonyl (C=O) groups excluding carboxylic acids is 1. The van der Waals surface area contributed by atoms with E-state index < -0.39 is 0 Å². The van der Waals surface area contributed by atoms with E-state index in [4.69, 9.17) is 4.74 Å². The molecule has 0 aliphatic rings. The number of aromatic nitrogens is 2. The maximum Gasteiger partial charge on any atom is 0.323 e. The molecule has 1 aromatic heterocycles. The van der Waals surface area contributed by atoms with E-state index in [1.165, 1.54) is 30.2 Å². The molecule has 0 bridgehead atoms. The molecule has 0 spiro atoms. The molecule has 0 saturated carbocycles. The van der Waals surface area contributed by atoms with Gasteiger partial charge in [-0.25, -0.2) is 0 Å². The third kappa shape index (κ3) is 4.46. The summed E-state index contributed by atoms with van der Waals surface area (Å²) in [5.41, 5.74) is 1.67. The molecule has 1 rings (SSSR count). The van der Waals surface area contributed by atoms with Crippen LogP contribution in [0.4, 0.5) is 0 Å². The van der Waals surface area contributed by atoms with E-state index in [0.717, 1.165) is 4.34 Å². The van der Waals surface area contributed by atoms with Crippen LogP contribution in [0, 0.1) is 0 Å². The Morgan fingerprint density at radius 2 is 2.44 bits per heavy atom. The Hall–Kier alpha value is -0.660. The maximum absolute atomic E-state index is 11.5. The molecular weight excluding hydrogens is 246 g/mol. The highest BCUT2D eigenvalue weighted by Gasteiger charge is 2.20. The molecular formula is C9H15N3O2S2. The maximum atomic E-state index is 11.5. The van der Waals surface area contributed by atoms with Gasteiger partial charge >= 0.3 is 5.97 Å². The van der Waals surface area contributed by atoms with Crippen molar-refractivity contribution in [3.63, 3.8) is 0 Å². The van der Waals surface area contributed by atoms with Gasteiger partial charge in [0.15, 0.2) is 4.34 Å². The lowest BCUT2D eigenvalue weighted by Crippen LogP contribution is -2.43. The molecule has 0 aliphatic heterocycles. The normalized spacial score (nSPS) is 12.8. The second kappa shape index (κ2) is 6.82. The van der Waals surface area contributed by atoms with Crippen LogP contribution in [-0.4, -0.2) is 41.1 Å². The fraction of sp³-hybridized carbons (Fsp3) is 0.667. The Balaban J connectivity index is 2.46. The van der Waals surface area contributed by atoms with E-state index in [2.05, 4.69) is 15.5 Å². The van der Waals surface area contributed by atoms with Crippen molar-refractivity contribution < 1.29 is 9.53 Å². The van der Waals surface area contributed by atoms with Crippen molar-refractivity contribution >= 4 is 29.1 Å². The molecule has 0 fully saturated rings. The monoisotopic (exact) mass is 261 g/mol. The molecule has 1 unspecified atom stereocenters. The van der Waals surface area contributed by atoms with Gasteiger partial charge in [0.1, 0.15) is 11.6 Å². The van der Waals surface area contributed by atoms with Crippen molar-refractivity contribution in [2.75, 3.05) is 12.9 Å². The molecule has 90 valence electrons. The Kier molecular flexibility index (Phi) is 5.72. The Morgan fingerprint density at radius 1 is 1.69 bits per heavy atom. The number of ether oxygens (including phenoxy) is 1. The number of carbonyl (C=O) groups is 1. The van der Waals surface area contributed by atoms with Gasteiger partial charge in [0.05, 0.1) is 7.11 Å². The van der Waals surface area contributed by atoms with E-state index >= 15 is 0 Å². The highest BCUT2D eigenvalue weighted by molar-refractivity contribution is 8.01. The number of methoxy groups -OCH3 is 1. The summed E-state index contributed by atoms with van der Waals surface area (Å²) >= 11 is 2.97. The summed E-state index contributed by atoms with van der Waals surface area (Å²) in [7, 11) is 1.40. The van der Waals surface area contributed by atoms with Gasteiger partial charge in [0, 0.05) is 11.8 Å². The number of hydrogen-bond acceptors (Lipinski definition) is 7. The van der Waals surface area contributed by atoms with Crippen LogP contribution in [0.25, 0.3) is 0 Å². The Bertz CT molecular complexity index is 317. The molecule has 0 aliphatic carbocycles. The molecule has 0 amide bonds. The summed E-state index contributed by atoms with van der Waals surface area (Å²) in [5, 5.41) is 10.8.